The fraction of sp³-hybridized carbons (Fsp3) is 0.611. The lowest BCUT2D eigenvalue weighted by molar-refractivity contribution is -0.138. The van der Waals surface area contributed by atoms with Crippen LogP contribution >= 0.6 is 12.4 Å². The number of aliphatic hydroxyl groups excluding tert-OH is 1. The summed E-state index contributed by atoms with van der Waals surface area (Å²) < 4.78 is 13.0. The molecule has 0 bridgehead atoms. The van der Waals surface area contributed by atoms with Gasteiger partial charge in [-0.25, -0.2) is 4.39 Å². The van der Waals surface area contributed by atoms with E-state index in [0.29, 0.717) is 18.0 Å². The van der Waals surface area contributed by atoms with E-state index in [2.05, 4.69) is 19.2 Å². The highest BCUT2D eigenvalue weighted by Gasteiger charge is 2.27. The monoisotopic (exact) mass is 358 g/mol. The van der Waals surface area contributed by atoms with Crippen molar-refractivity contribution in [3.63, 3.8) is 0 Å². The first-order valence-electron chi connectivity index (χ1n) is 8.40. The molecule has 1 aromatic rings. The molecular formula is C18H28ClFN2O2. The number of hydrogen-bond donors (Lipinski definition) is 2. The van der Waals surface area contributed by atoms with E-state index in [1.165, 1.54) is 12.1 Å². The maximum Gasteiger partial charge on any atom is 0.225 e. The van der Waals surface area contributed by atoms with Crippen molar-refractivity contribution in [2.45, 2.75) is 32.8 Å². The van der Waals surface area contributed by atoms with Gasteiger partial charge >= 0.3 is 0 Å². The van der Waals surface area contributed by atoms with E-state index in [0.717, 1.165) is 25.9 Å². The molecule has 2 N–H and O–H groups in total. The van der Waals surface area contributed by atoms with E-state index in [1.54, 1.807) is 17.0 Å². The Balaban J connectivity index is 0.00000288. The average Bonchev–Trinajstić information content (AvgIpc) is 2.54. The molecule has 0 aliphatic carbocycles. The Bertz CT molecular complexity index is 504. The first-order chi connectivity index (χ1) is 11.0. The molecule has 136 valence electrons. The molecule has 1 unspecified atom stereocenters. The van der Waals surface area contributed by atoms with E-state index >= 15 is 0 Å². The lowest BCUT2D eigenvalue weighted by Crippen LogP contribution is -2.44. The van der Waals surface area contributed by atoms with Crippen LogP contribution in [0.25, 0.3) is 0 Å². The van der Waals surface area contributed by atoms with E-state index < -0.39 is 6.10 Å². The second kappa shape index (κ2) is 9.97. The Morgan fingerprint density at radius 2 is 1.83 bits per heavy atom. The lowest BCUT2D eigenvalue weighted by Gasteiger charge is -2.32. The maximum absolute atomic E-state index is 13.0. The van der Waals surface area contributed by atoms with Crippen LogP contribution in [-0.4, -0.2) is 42.1 Å². The zero-order chi connectivity index (χ0) is 16.8. The van der Waals surface area contributed by atoms with Crippen LogP contribution in [0, 0.1) is 17.7 Å². The van der Waals surface area contributed by atoms with E-state index in [4.69, 9.17) is 0 Å². The van der Waals surface area contributed by atoms with Gasteiger partial charge in [-0.3, -0.25) is 4.79 Å². The minimum absolute atomic E-state index is 0. The van der Waals surface area contributed by atoms with Gasteiger partial charge in [0.25, 0.3) is 0 Å². The van der Waals surface area contributed by atoms with Crippen LogP contribution < -0.4 is 5.32 Å². The summed E-state index contributed by atoms with van der Waals surface area (Å²) in [5, 5.41) is 13.7. The molecule has 0 radical (unpaired) electrons. The van der Waals surface area contributed by atoms with E-state index in [1.807, 2.05) is 0 Å². The largest absolute Gasteiger partial charge is 0.387 e. The molecule has 0 aromatic heterocycles. The number of nitrogens with zero attached hydrogens (tertiary/aromatic N) is 1. The van der Waals surface area contributed by atoms with Gasteiger partial charge in [0, 0.05) is 12.5 Å². The molecular weight excluding hydrogens is 331 g/mol. The number of aliphatic hydroxyl groups is 1. The first kappa shape index (κ1) is 20.9. The fourth-order valence-electron chi connectivity index (χ4n) is 3.02. The van der Waals surface area contributed by atoms with Gasteiger partial charge in [0.05, 0.1) is 12.6 Å². The van der Waals surface area contributed by atoms with Gasteiger partial charge in [-0.15, -0.1) is 12.4 Å². The van der Waals surface area contributed by atoms with Crippen molar-refractivity contribution >= 4 is 18.3 Å². The summed E-state index contributed by atoms with van der Waals surface area (Å²) in [5.41, 5.74) is 0.637. The molecule has 4 nitrogen and oxygen atoms in total. The molecule has 1 saturated heterocycles. The number of rotatable bonds is 6. The van der Waals surface area contributed by atoms with Crippen LogP contribution in [-0.2, 0) is 4.79 Å². The highest BCUT2D eigenvalue weighted by atomic mass is 35.5. The normalized spacial score (nSPS) is 16.5. The third-order valence-electron chi connectivity index (χ3n) is 4.23. The summed E-state index contributed by atoms with van der Waals surface area (Å²) in [4.78, 5) is 14.6. The lowest BCUT2D eigenvalue weighted by atomic mass is 9.95. The minimum atomic E-state index is -0.792. The van der Waals surface area contributed by atoms with E-state index in [-0.39, 0.29) is 36.6 Å². The minimum Gasteiger partial charge on any atom is -0.387 e. The highest BCUT2D eigenvalue weighted by Crippen LogP contribution is 2.20. The molecule has 6 heteroatoms. The molecule has 1 aliphatic heterocycles. The summed E-state index contributed by atoms with van der Waals surface area (Å²) in [7, 11) is 0. The summed E-state index contributed by atoms with van der Waals surface area (Å²) >= 11 is 0. The SMILES string of the molecule is CC(C)CN(CC(O)c1ccc(F)cc1)C(=O)C1CCNCC1.Cl. The Morgan fingerprint density at radius 3 is 2.38 bits per heavy atom. The molecule has 1 heterocycles. The molecule has 1 aliphatic rings. The first-order valence-corrected chi connectivity index (χ1v) is 8.40. The van der Waals surface area contributed by atoms with Crippen molar-refractivity contribution in [3.8, 4) is 0 Å². The standard InChI is InChI=1S/C18H27FN2O2.ClH/c1-13(2)11-21(18(23)15-7-9-20-10-8-15)12-17(22)14-3-5-16(19)6-4-14;/h3-6,13,15,17,20,22H,7-12H2,1-2H3;1H. The number of carbonyl (C=O) groups is 1. The van der Waals surface area contributed by atoms with Gasteiger partial charge in [0.2, 0.25) is 5.91 Å². The number of halogens is 2. The van der Waals surface area contributed by atoms with Gasteiger partial charge in [-0.05, 0) is 49.5 Å². The molecule has 1 fully saturated rings. The average molecular weight is 359 g/mol. The van der Waals surface area contributed by atoms with Crippen molar-refractivity contribution < 1.29 is 14.3 Å². The third kappa shape index (κ3) is 6.04. The third-order valence-corrected chi connectivity index (χ3v) is 4.23. The molecule has 2 rings (SSSR count). The second-order valence-corrected chi connectivity index (χ2v) is 6.73. The second-order valence-electron chi connectivity index (χ2n) is 6.73. The van der Waals surface area contributed by atoms with Crippen LogP contribution in [0.1, 0.15) is 38.4 Å². The quantitative estimate of drug-likeness (QED) is 0.822. The number of amides is 1. The molecule has 0 spiro atoms. The van der Waals surface area contributed by atoms with Gasteiger partial charge in [-0.2, -0.15) is 0 Å². The van der Waals surface area contributed by atoms with Gasteiger partial charge in [0.1, 0.15) is 5.82 Å². The van der Waals surface area contributed by atoms with Crippen molar-refractivity contribution in [1.29, 1.82) is 0 Å². The van der Waals surface area contributed by atoms with Crippen LogP contribution in [0.3, 0.4) is 0 Å². The molecule has 1 aromatic carbocycles. The Morgan fingerprint density at radius 1 is 1.25 bits per heavy atom. The Kier molecular flexibility index (Phi) is 8.67. The van der Waals surface area contributed by atoms with Crippen LogP contribution in [0.5, 0.6) is 0 Å². The van der Waals surface area contributed by atoms with Crippen molar-refractivity contribution in [1.82, 2.24) is 10.2 Å². The molecule has 24 heavy (non-hydrogen) atoms. The predicted molar refractivity (Wildman–Crippen MR) is 95.6 cm³/mol. The smallest absolute Gasteiger partial charge is 0.225 e. The van der Waals surface area contributed by atoms with E-state index in [9.17, 15) is 14.3 Å². The molecule has 0 saturated carbocycles. The molecule has 1 amide bonds. The maximum atomic E-state index is 13.0. The van der Waals surface area contributed by atoms with Crippen molar-refractivity contribution in [3.05, 3.63) is 35.6 Å². The number of benzene rings is 1. The van der Waals surface area contributed by atoms with Crippen molar-refractivity contribution in [2.75, 3.05) is 26.2 Å². The zero-order valence-corrected chi connectivity index (χ0v) is 15.2. The highest BCUT2D eigenvalue weighted by molar-refractivity contribution is 5.85. The Labute approximate surface area is 149 Å². The Hall–Kier alpha value is -1.17. The summed E-state index contributed by atoms with van der Waals surface area (Å²) in [6.07, 6.45) is 0.903. The predicted octanol–water partition coefficient (Wildman–Crippen LogP) is 2.77. The summed E-state index contributed by atoms with van der Waals surface area (Å²) in [6, 6.07) is 5.81. The van der Waals surface area contributed by atoms with Crippen molar-refractivity contribution in [2.24, 2.45) is 11.8 Å². The van der Waals surface area contributed by atoms with Crippen LogP contribution in [0.4, 0.5) is 4.39 Å². The summed E-state index contributed by atoms with van der Waals surface area (Å²) in [6.45, 7) is 6.74. The van der Waals surface area contributed by atoms with Gasteiger partial charge in [0.15, 0.2) is 0 Å². The van der Waals surface area contributed by atoms with Crippen LogP contribution in [0.2, 0.25) is 0 Å². The van der Waals surface area contributed by atoms with Gasteiger partial charge < -0.3 is 15.3 Å². The summed E-state index contributed by atoms with van der Waals surface area (Å²) in [5.74, 6) is 0.170. The van der Waals surface area contributed by atoms with Crippen LogP contribution in [0.15, 0.2) is 24.3 Å². The topological polar surface area (TPSA) is 52.6 Å². The zero-order valence-electron chi connectivity index (χ0n) is 14.4. The number of nitrogens with one attached hydrogen (secondary N) is 1. The number of piperidine rings is 1. The molecule has 1 atom stereocenters. The van der Waals surface area contributed by atoms with Gasteiger partial charge in [-0.1, -0.05) is 26.0 Å². The fourth-order valence-corrected chi connectivity index (χ4v) is 3.02. The number of carbonyl (C=O) groups excluding carboxylic acids is 1. The number of hydrogen-bond acceptors (Lipinski definition) is 3.